The summed E-state index contributed by atoms with van der Waals surface area (Å²) < 4.78 is 34.1. The molecule has 3 saturated heterocycles. The van der Waals surface area contributed by atoms with E-state index in [4.69, 9.17) is 28.4 Å². The molecule has 3 aliphatic rings. The minimum atomic E-state index is -1.97. The van der Waals surface area contributed by atoms with Crippen molar-refractivity contribution in [1.82, 2.24) is 5.32 Å². The van der Waals surface area contributed by atoms with Crippen LogP contribution in [0.5, 0.6) is 0 Å². The van der Waals surface area contributed by atoms with Crippen molar-refractivity contribution in [2.75, 3.05) is 26.4 Å². The summed E-state index contributed by atoms with van der Waals surface area (Å²) in [4.78, 5) is 13.2. The van der Waals surface area contributed by atoms with Gasteiger partial charge in [-0.25, -0.2) is 0 Å². The third kappa shape index (κ3) is 21.6. The Morgan fingerprint density at radius 3 is 1.49 bits per heavy atom. The molecule has 17 atom stereocenters. The fourth-order valence-corrected chi connectivity index (χ4v) is 9.05. The molecule has 0 radical (unpaired) electrons. The van der Waals surface area contributed by atoms with Crippen LogP contribution in [-0.2, 0) is 33.2 Å². The molecule has 410 valence electrons. The first kappa shape index (κ1) is 62.6. The van der Waals surface area contributed by atoms with Crippen LogP contribution in [0.4, 0.5) is 0 Å². The van der Waals surface area contributed by atoms with E-state index in [1.807, 2.05) is 0 Å². The molecule has 3 heterocycles. The Balaban J connectivity index is 1.51. The number of hydrogen-bond donors (Lipinski definition) is 12. The number of aliphatic hydroxyl groups is 11. The van der Waals surface area contributed by atoms with Gasteiger partial charge in [0.05, 0.1) is 38.6 Å². The number of nitrogens with one attached hydrogen (secondary N) is 1. The van der Waals surface area contributed by atoms with Crippen LogP contribution in [-0.4, -0.2) is 193 Å². The van der Waals surface area contributed by atoms with Gasteiger partial charge >= 0.3 is 0 Å². The van der Waals surface area contributed by atoms with Crippen molar-refractivity contribution in [3.05, 3.63) is 24.3 Å². The lowest BCUT2D eigenvalue weighted by atomic mass is 9.96. The normalized spacial score (nSPS) is 32.7. The summed E-state index contributed by atoms with van der Waals surface area (Å²) in [6, 6.07) is -0.886. The maximum atomic E-state index is 13.2. The molecule has 0 spiro atoms. The average molecular weight is 1010 g/mol. The summed E-state index contributed by atoms with van der Waals surface area (Å²) >= 11 is 0. The van der Waals surface area contributed by atoms with E-state index in [2.05, 4.69) is 43.5 Å². The summed E-state index contributed by atoms with van der Waals surface area (Å²) in [6.45, 7) is 1.68. The summed E-state index contributed by atoms with van der Waals surface area (Å²) in [5.74, 6) is -0.256. The summed E-state index contributed by atoms with van der Waals surface area (Å²) in [5.41, 5.74) is 0. The molecule has 0 aromatic rings. The molecular formula is C51H93NO18. The smallest absolute Gasteiger partial charge is 0.220 e. The van der Waals surface area contributed by atoms with Crippen LogP contribution in [0.3, 0.4) is 0 Å². The number of carbonyl (C=O) groups excluding carboxylic acids is 1. The summed E-state index contributed by atoms with van der Waals surface area (Å²) in [7, 11) is 0. The van der Waals surface area contributed by atoms with Crippen LogP contribution in [0.15, 0.2) is 24.3 Å². The van der Waals surface area contributed by atoms with E-state index in [1.54, 1.807) is 0 Å². The van der Waals surface area contributed by atoms with Crippen molar-refractivity contribution in [2.24, 2.45) is 0 Å². The van der Waals surface area contributed by atoms with Crippen molar-refractivity contribution in [1.29, 1.82) is 0 Å². The predicted octanol–water partition coefficient (Wildman–Crippen LogP) is 2.42. The van der Waals surface area contributed by atoms with E-state index in [9.17, 15) is 61.0 Å². The molecular weight excluding hydrogens is 915 g/mol. The highest BCUT2D eigenvalue weighted by atomic mass is 16.8. The second kappa shape index (κ2) is 36.3. The van der Waals surface area contributed by atoms with Gasteiger partial charge in [-0.15, -0.1) is 0 Å². The summed E-state index contributed by atoms with van der Waals surface area (Å²) in [6.07, 6.45) is 5.87. The lowest BCUT2D eigenvalue weighted by Gasteiger charge is -2.48. The molecule has 19 nitrogen and oxygen atoms in total. The van der Waals surface area contributed by atoms with Crippen molar-refractivity contribution < 1.29 is 89.4 Å². The standard InChI is InChI=1S/C51H93NO18/c1-3-5-7-9-11-13-14-15-16-17-18-19-20-21-23-25-27-29-39(57)52-34(35(56)28-26-24-22-12-10-8-6-4-2)33-65-49-45(63)42(60)47(37(31-54)67-49)70-51-46(64)43(61)48(38(32-55)68-51)69-50-44(62)41(59)40(58)36(30-53)66-50/h11,13,15-16,34-38,40-51,53-56,58-64H,3-10,12,14,17-33H2,1-2H3,(H,52,57)/b13-11-,16-15-. The molecule has 3 aliphatic heterocycles. The van der Waals surface area contributed by atoms with Gasteiger partial charge in [0.2, 0.25) is 5.91 Å². The zero-order valence-electron chi connectivity index (χ0n) is 42.0. The van der Waals surface area contributed by atoms with E-state index in [1.165, 1.54) is 44.9 Å². The lowest BCUT2D eigenvalue weighted by Crippen LogP contribution is -2.66. The van der Waals surface area contributed by atoms with Gasteiger partial charge < -0.3 is 89.9 Å². The molecule has 1 amide bonds. The first-order valence-corrected chi connectivity index (χ1v) is 26.6. The Morgan fingerprint density at radius 2 is 0.943 bits per heavy atom. The highest BCUT2D eigenvalue weighted by Gasteiger charge is 2.53. The molecule has 3 rings (SSSR count). The Bertz CT molecular complexity index is 1390. The van der Waals surface area contributed by atoms with Crippen LogP contribution in [0.2, 0.25) is 0 Å². The van der Waals surface area contributed by atoms with Crippen LogP contribution >= 0.6 is 0 Å². The fraction of sp³-hybridized carbons (Fsp3) is 0.902. The largest absolute Gasteiger partial charge is 0.394 e. The molecule has 0 aromatic heterocycles. The number of amides is 1. The van der Waals surface area contributed by atoms with E-state index >= 15 is 0 Å². The lowest BCUT2D eigenvalue weighted by molar-refractivity contribution is -0.379. The monoisotopic (exact) mass is 1010 g/mol. The van der Waals surface area contributed by atoms with Gasteiger partial charge in [-0.05, 0) is 44.9 Å². The highest BCUT2D eigenvalue weighted by molar-refractivity contribution is 5.76. The second-order valence-corrected chi connectivity index (χ2v) is 19.3. The molecule has 17 unspecified atom stereocenters. The molecule has 19 heteroatoms. The highest BCUT2D eigenvalue weighted by Crippen LogP contribution is 2.33. The number of unbranched alkanes of at least 4 members (excludes halogenated alkanes) is 17. The van der Waals surface area contributed by atoms with Crippen LogP contribution in [0.1, 0.15) is 162 Å². The van der Waals surface area contributed by atoms with Crippen molar-refractivity contribution in [3.8, 4) is 0 Å². The molecule has 3 fully saturated rings. The third-order valence-electron chi connectivity index (χ3n) is 13.5. The minimum absolute atomic E-state index is 0.256. The van der Waals surface area contributed by atoms with Crippen LogP contribution < -0.4 is 5.32 Å². The average Bonchev–Trinajstić information content (AvgIpc) is 3.35. The van der Waals surface area contributed by atoms with E-state index in [0.717, 1.165) is 83.5 Å². The number of aliphatic hydroxyl groups excluding tert-OH is 11. The van der Waals surface area contributed by atoms with E-state index in [-0.39, 0.29) is 18.9 Å². The van der Waals surface area contributed by atoms with E-state index in [0.29, 0.717) is 12.8 Å². The number of hydrogen-bond acceptors (Lipinski definition) is 18. The SMILES string of the molecule is CCCCC/C=C\C/C=C\CCCCCCCCCC(=O)NC(COC1OC(CO)C(OC2OC(CO)C(OC3OC(CO)C(O)C(O)C3O)C(O)C2O)C(O)C1O)C(O)CCCCCCCCCC. The molecule has 0 saturated carbocycles. The number of rotatable bonds is 37. The van der Waals surface area contributed by atoms with Gasteiger partial charge in [-0.1, -0.05) is 134 Å². The van der Waals surface area contributed by atoms with Gasteiger partial charge in [0.25, 0.3) is 0 Å². The minimum Gasteiger partial charge on any atom is -0.394 e. The zero-order chi connectivity index (χ0) is 51.3. The zero-order valence-corrected chi connectivity index (χ0v) is 42.0. The Kier molecular flexibility index (Phi) is 32.4. The Hall–Kier alpha value is -1.73. The van der Waals surface area contributed by atoms with Crippen molar-refractivity contribution in [3.63, 3.8) is 0 Å². The molecule has 0 aliphatic carbocycles. The third-order valence-corrected chi connectivity index (χ3v) is 13.5. The first-order chi connectivity index (χ1) is 33.8. The van der Waals surface area contributed by atoms with Crippen LogP contribution in [0, 0.1) is 0 Å². The van der Waals surface area contributed by atoms with Gasteiger partial charge in [-0.3, -0.25) is 4.79 Å². The van der Waals surface area contributed by atoms with Gasteiger partial charge in [0.1, 0.15) is 73.2 Å². The molecule has 0 bridgehead atoms. The van der Waals surface area contributed by atoms with Crippen LogP contribution in [0.25, 0.3) is 0 Å². The van der Waals surface area contributed by atoms with Gasteiger partial charge in [0, 0.05) is 6.42 Å². The Labute approximate surface area is 416 Å². The van der Waals surface area contributed by atoms with Gasteiger partial charge in [0.15, 0.2) is 18.9 Å². The van der Waals surface area contributed by atoms with E-state index < -0.39 is 124 Å². The predicted molar refractivity (Wildman–Crippen MR) is 259 cm³/mol. The number of carbonyl (C=O) groups is 1. The van der Waals surface area contributed by atoms with Crippen molar-refractivity contribution in [2.45, 2.75) is 266 Å². The second-order valence-electron chi connectivity index (χ2n) is 19.3. The topological polar surface area (TPSA) is 307 Å². The maximum Gasteiger partial charge on any atom is 0.220 e. The fourth-order valence-electron chi connectivity index (χ4n) is 9.05. The first-order valence-electron chi connectivity index (χ1n) is 26.6. The number of allylic oxidation sites excluding steroid dienone is 4. The molecule has 12 N–H and O–H groups in total. The van der Waals surface area contributed by atoms with Crippen molar-refractivity contribution >= 4 is 5.91 Å². The molecule has 0 aromatic carbocycles. The summed E-state index contributed by atoms with van der Waals surface area (Å²) in [5, 5.41) is 120. The maximum absolute atomic E-state index is 13.2. The molecule has 70 heavy (non-hydrogen) atoms. The van der Waals surface area contributed by atoms with Gasteiger partial charge in [-0.2, -0.15) is 0 Å². The Morgan fingerprint density at radius 1 is 0.514 bits per heavy atom. The number of ether oxygens (including phenoxy) is 6. The quantitative estimate of drug-likeness (QED) is 0.0314.